The Labute approximate surface area is 123 Å². The highest BCUT2D eigenvalue weighted by molar-refractivity contribution is 7.87. The van der Waals surface area contributed by atoms with Crippen LogP contribution in [0.5, 0.6) is 0 Å². The topological polar surface area (TPSA) is 49.4 Å². The fourth-order valence-electron chi connectivity index (χ4n) is 1.89. The van der Waals surface area contributed by atoms with Gasteiger partial charge in [-0.15, -0.1) is 0 Å². The van der Waals surface area contributed by atoms with E-state index in [4.69, 9.17) is 0 Å². The lowest BCUT2D eigenvalue weighted by atomic mass is 9.85. The van der Waals surface area contributed by atoms with Crippen LogP contribution >= 0.6 is 0 Å². The number of nitrogens with one attached hydrogen (secondary N) is 1. The van der Waals surface area contributed by atoms with Gasteiger partial charge >= 0.3 is 0 Å². The van der Waals surface area contributed by atoms with Crippen molar-refractivity contribution in [1.29, 1.82) is 0 Å². The molecule has 20 heavy (non-hydrogen) atoms. The number of benzene rings is 1. The van der Waals surface area contributed by atoms with Crippen molar-refractivity contribution < 1.29 is 8.42 Å². The molecule has 0 bridgehead atoms. The first-order valence-corrected chi connectivity index (χ1v) is 8.25. The van der Waals surface area contributed by atoms with Crippen molar-refractivity contribution in [2.75, 3.05) is 20.6 Å². The summed E-state index contributed by atoms with van der Waals surface area (Å²) in [5.74, 6) is 0. The Morgan fingerprint density at radius 2 is 1.80 bits per heavy atom. The average Bonchev–Trinajstić information content (AvgIpc) is 2.29. The second-order valence-electron chi connectivity index (χ2n) is 6.32. The monoisotopic (exact) mass is 298 g/mol. The van der Waals surface area contributed by atoms with Gasteiger partial charge in [0.2, 0.25) is 0 Å². The molecule has 4 nitrogen and oxygen atoms in total. The maximum Gasteiger partial charge on any atom is 0.278 e. The molecular formula is C15H26N2O2S. The van der Waals surface area contributed by atoms with Crippen molar-refractivity contribution in [2.45, 2.75) is 39.5 Å². The lowest BCUT2D eigenvalue weighted by molar-refractivity contribution is 0.506. The van der Waals surface area contributed by atoms with Crippen molar-refractivity contribution in [3.8, 4) is 0 Å². The smallest absolute Gasteiger partial charge is 0.202 e. The SMILES string of the molecule is Cc1cc(C(C)(C)C)ccc1CCNS(=O)(=O)N(C)C. The summed E-state index contributed by atoms with van der Waals surface area (Å²) in [6, 6.07) is 6.42. The lowest BCUT2D eigenvalue weighted by Gasteiger charge is -2.20. The summed E-state index contributed by atoms with van der Waals surface area (Å²) in [5, 5.41) is 0. The molecule has 0 spiro atoms. The van der Waals surface area contributed by atoms with E-state index < -0.39 is 10.2 Å². The Balaban J connectivity index is 2.72. The van der Waals surface area contributed by atoms with E-state index in [-0.39, 0.29) is 5.41 Å². The van der Waals surface area contributed by atoms with Crippen molar-refractivity contribution in [1.82, 2.24) is 9.03 Å². The second kappa shape index (κ2) is 6.24. The molecule has 0 amide bonds. The molecule has 0 aliphatic rings. The van der Waals surface area contributed by atoms with Gasteiger partial charge in [0.1, 0.15) is 0 Å². The third-order valence-corrected chi connectivity index (χ3v) is 4.90. The van der Waals surface area contributed by atoms with Gasteiger partial charge in [-0.05, 0) is 35.4 Å². The molecule has 0 radical (unpaired) electrons. The molecule has 0 saturated carbocycles. The predicted molar refractivity (Wildman–Crippen MR) is 84.2 cm³/mol. The van der Waals surface area contributed by atoms with E-state index in [1.165, 1.54) is 35.1 Å². The number of hydrogen-bond acceptors (Lipinski definition) is 2. The largest absolute Gasteiger partial charge is 0.278 e. The van der Waals surface area contributed by atoms with Gasteiger partial charge in [0.25, 0.3) is 10.2 Å². The summed E-state index contributed by atoms with van der Waals surface area (Å²) < 4.78 is 27.0. The van der Waals surface area contributed by atoms with E-state index in [1.54, 1.807) is 0 Å². The first kappa shape index (κ1) is 17.1. The van der Waals surface area contributed by atoms with Gasteiger partial charge < -0.3 is 0 Å². The van der Waals surface area contributed by atoms with Gasteiger partial charge in [0.05, 0.1) is 0 Å². The summed E-state index contributed by atoms with van der Waals surface area (Å²) in [6.07, 6.45) is 0.698. The molecule has 1 aromatic rings. The Morgan fingerprint density at radius 3 is 2.25 bits per heavy atom. The van der Waals surface area contributed by atoms with E-state index >= 15 is 0 Å². The zero-order valence-electron chi connectivity index (χ0n) is 13.3. The van der Waals surface area contributed by atoms with Crippen LogP contribution in [0.3, 0.4) is 0 Å². The minimum absolute atomic E-state index is 0.135. The van der Waals surface area contributed by atoms with E-state index in [9.17, 15) is 8.42 Å². The van der Waals surface area contributed by atoms with Crippen LogP contribution in [0, 0.1) is 6.92 Å². The van der Waals surface area contributed by atoms with Crippen LogP contribution < -0.4 is 4.72 Å². The average molecular weight is 298 g/mol. The van der Waals surface area contributed by atoms with E-state index in [2.05, 4.69) is 50.6 Å². The van der Waals surface area contributed by atoms with E-state index in [0.717, 1.165) is 0 Å². The normalized spacial score (nSPS) is 12.9. The van der Waals surface area contributed by atoms with Gasteiger partial charge in [-0.1, -0.05) is 39.0 Å². The summed E-state index contributed by atoms with van der Waals surface area (Å²) in [7, 11) is -0.290. The van der Waals surface area contributed by atoms with Gasteiger partial charge in [-0.25, -0.2) is 4.72 Å². The van der Waals surface area contributed by atoms with Crippen molar-refractivity contribution in [2.24, 2.45) is 0 Å². The molecule has 0 saturated heterocycles. The van der Waals surface area contributed by atoms with Crippen molar-refractivity contribution >= 4 is 10.2 Å². The van der Waals surface area contributed by atoms with Crippen LogP contribution in [-0.2, 0) is 22.0 Å². The minimum Gasteiger partial charge on any atom is -0.202 e. The summed E-state index contributed by atoms with van der Waals surface area (Å²) >= 11 is 0. The molecule has 0 aliphatic heterocycles. The van der Waals surface area contributed by atoms with Crippen LogP contribution in [-0.4, -0.2) is 33.4 Å². The summed E-state index contributed by atoms with van der Waals surface area (Å²) in [4.78, 5) is 0. The minimum atomic E-state index is -3.33. The zero-order valence-corrected chi connectivity index (χ0v) is 14.1. The third-order valence-electron chi connectivity index (χ3n) is 3.37. The van der Waals surface area contributed by atoms with Gasteiger partial charge in [-0.2, -0.15) is 12.7 Å². The van der Waals surface area contributed by atoms with Crippen molar-refractivity contribution in [3.05, 3.63) is 34.9 Å². The van der Waals surface area contributed by atoms with Gasteiger partial charge in [0.15, 0.2) is 0 Å². The Hall–Kier alpha value is -0.910. The highest BCUT2D eigenvalue weighted by atomic mass is 32.2. The molecule has 114 valence electrons. The van der Waals surface area contributed by atoms with E-state index in [0.29, 0.717) is 13.0 Å². The molecule has 1 N–H and O–H groups in total. The maximum atomic E-state index is 11.6. The van der Waals surface area contributed by atoms with Crippen LogP contribution in [0.4, 0.5) is 0 Å². The first-order chi connectivity index (χ1) is 9.04. The fraction of sp³-hybridized carbons (Fsp3) is 0.600. The number of aryl methyl sites for hydroxylation is 1. The molecule has 1 aromatic carbocycles. The summed E-state index contributed by atoms with van der Waals surface area (Å²) in [6.45, 7) is 9.05. The second-order valence-corrected chi connectivity index (χ2v) is 8.29. The van der Waals surface area contributed by atoms with Crippen LogP contribution in [0.25, 0.3) is 0 Å². The molecule has 5 heteroatoms. The van der Waals surface area contributed by atoms with E-state index in [1.807, 2.05) is 0 Å². The Kier molecular flexibility index (Phi) is 5.35. The van der Waals surface area contributed by atoms with Crippen LogP contribution in [0.1, 0.15) is 37.5 Å². The standard InChI is InChI=1S/C15H26N2O2S/c1-12-11-14(15(2,3)4)8-7-13(12)9-10-16-20(18,19)17(5)6/h7-8,11,16H,9-10H2,1-6H3. The molecule has 0 fully saturated rings. The Morgan fingerprint density at radius 1 is 1.20 bits per heavy atom. The van der Waals surface area contributed by atoms with Crippen LogP contribution in [0.2, 0.25) is 0 Å². The van der Waals surface area contributed by atoms with Gasteiger partial charge in [0, 0.05) is 20.6 Å². The number of nitrogens with zero attached hydrogens (tertiary/aromatic N) is 1. The molecule has 0 atom stereocenters. The number of hydrogen-bond donors (Lipinski definition) is 1. The lowest BCUT2D eigenvalue weighted by Crippen LogP contribution is -2.36. The molecule has 0 unspecified atom stereocenters. The molecular weight excluding hydrogens is 272 g/mol. The molecule has 1 rings (SSSR count). The van der Waals surface area contributed by atoms with Gasteiger partial charge in [-0.3, -0.25) is 0 Å². The maximum absolute atomic E-state index is 11.6. The molecule has 0 aliphatic carbocycles. The highest BCUT2D eigenvalue weighted by Gasteiger charge is 2.15. The number of rotatable bonds is 5. The fourth-order valence-corrected chi connectivity index (χ4v) is 2.50. The predicted octanol–water partition coefficient (Wildman–Crippen LogP) is 2.23. The third kappa shape index (κ3) is 4.58. The molecule has 0 heterocycles. The zero-order chi connectivity index (χ0) is 15.6. The molecule has 0 aromatic heterocycles. The Bertz CT molecular complexity index is 558. The van der Waals surface area contributed by atoms with Crippen LogP contribution in [0.15, 0.2) is 18.2 Å². The van der Waals surface area contributed by atoms with Crippen molar-refractivity contribution in [3.63, 3.8) is 0 Å². The highest BCUT2D eigenvalue weighted by Crippen LogP contribution is 2.24. The quantitative estimate of drug-likeness (QED) is 0.906. The first-order valence-electron chi connectivity index (χ1n) is 6.81. The summed E-state index contributed by atoms with van der Waals surface area (Å²) in [5.41, 5.74) is 3.82.